The minimum absolute atomic E-state index is 0.0127. The van der Waals surface area contributed by atoms with Crippen molar-refractivity contribution in [2.45, 2.75) is 237 Å². The van der Waals surface area contributed by atoms with Crippen molar-refractivity contribution in [3.63, 3.8) is 0 Å². The molecule has 2 aliphatic rings. The molecular weight excluding hydrogens is 830 g/mol. The van der Waals surface area contributed by atoms with Crippen LogP contribution in [0.2, 0.25) is 0 Å². The Labute approximate surface area is 380 Å². The zero-order valence-corrected chi connectivity index (χ0v) is 40.8. The number of phosphoric ester groups is 1. The van der Waals surface area contributed by atoms with Crippen LogP contribution in [-0.4, -0.2) is 84.3 Å². The molecule has 2 heterocycles. The Bertz CT molecular complexity index is 1250. The number of fused-ring (bicyclic) bond motifs is 1. The highest BCUT2D eigenvalue weighted by Crippen LogP contribution is 2.43. The number of amides is 3. The molecule has 0 aromatic rings. The van der Waals surface area contributed by atoms with Gasteiger partial charge in [0.15, 0.2) is 6.10 Å². The average molecular weight is 918 g/mol. The Morgan fingerprint density at radius 2 is 1.26 bits per heavy atom. The van der Waals surface area contributed by atoms with E-state index in [0.717, 1.165) is 57.1 Å². The number of thioether (sulfide) groups is 1. The standard InChI is InChI=1S/C47H88N3O10PS/c1-4-6-8-10-12-14-16-17-19-21-23-25-27-33-44(52)60-40(36-57-46(53)39(3)30-26-24-22-20-18-15-13-11-9-7-5-2)37-59-61(55,56)58-35-34-48-43(51)32-29-28-31-42-45-41(38-62-42)49-47(54)50-45/h39-42,45H,4-38H2,1-3H3,(H,48,51)(H,55,56)(H2,49,50,54)/t39?,40?,41-,42?,45-/m0/s1. The molecule has 0 radical (unpaired) electrons. The van der Waals surface area contributed by atoms with Gasteiger partial charge in [0.25, 0.3) is 0 Å². The molecule has 2 aliphatic heterocycles. The lowest BCUT2D eigenvalue weighted by molar-refractivity contribution is -0.163. The highest BCUT2D eigenvalue weighted by Gasteiger charge is 2.42. The number of unbranched alkanes of at least 4 members (excludes halogenated alkanes) is 23. The Morgan fingerprint density at radius 1 is 0.726 bits per heavy atom. The largest absolute Gasteiger partial charge is 0.472 e. The Kier molecular flexibility index (Phi) is 33.0. The van der Waals surface area contributed by atoms with Crippen molar-refractivity contribution >= 4 is 43.5 Å². The lowest BCUT2D eigenvalue weighted by atomic mass is 10.0. The van der Waals surface area contributed by atoms with E-state index in [0.29, 0.717) is 30.9 Å². The van der Waals surface area contributed by atoms with Gasteiger partial charge in [-0.2, -0.15) is 11.8 Å². The number of rotatable bonds is 42. The molecule has 2 fully saturated rings. The van der Waals surface area contributed by atoms with E-state index in [-0.39, 0.29) is 56.1 Å². The summed E-state index contributed by atoms with van der Waals surface area (Å²) >= 11 is 1.84. The maximum Gasteiger partial charge on any atom is 0.472 e. The summed E-state index contributed by atoms with van der Waals surface area (Å²) in [5, 5.41) is 8.95. The van der Waals surface area contributed by atoms with Gasteiger partial charge in [-0.15, -0.1) is 0 Å². The van der Waals surface area contributed by atoms with Crippen molar-refractivity contribution < 1.29 is 47.2 Å². The van der Waals surface area contributed by atoms with Gasteiger partial charge in [-0.1, -0.05) is 175 Å². The van der Waals surface area contributed by atoms with E-state index in [1.165, 1.54) is 109 Å². The van der Waals surface area contributed by atoms with Crippen LogP contribution < -0.4 is 16.0 Å². The van der Waals surface area contributed by atoms with Gasteiger partial charge in [-0.05, 0) is 25.7 Å². The lowest BCUT2D eigenvalue weighted by Gasteiger charge is -2.21. The first-order valence-electron chi connectivity index (χ1n) is 25.0. The summed E-state index contributed by atoms with van der Waals surface area (Å²) in [5.74, 6) is -0.502. The van der Waals surface area contributed by atoms with Crippen LogP contribution in [-0.2, 0) is 37.5 Å². The van der Waals surface area contributed by atoms with E-state index >= 15 is 0 Å². The molecule has 2 rings (SSSR count). The topological polar surface area (TPSA) is 179 Å². The Hall–Kier alpha value is -1.86. The highest BCUT2D eigenvalue weighted by atomic mass is 32.2. The second-order valence-corrected chi connectivity index (χ2v) is 20.5. The summed E-state index contributed by atoms with van der Waals surface area (Å²) in [7, 11) is -4.58. The number of phosphoric acid groups is 1. The fourth-order valence-electron chi connectivity index (χ4n) is 8.13. The maximum absolute atomic E-state index is 12.9. The fourth-order valence-corrected chi connectivity index (χ4v) is 10.4. The molecule has 0 bridgehead atoms. The van der Waals surface area contributed by atoms with Crippen molar-refractivity contribution in [1.29, 1.82) is 0 Å². The number of hydrogen-bond acceptors (Lipinski definition) is 10. The van der Waals surface area contributed by atoms with Gasteiger partial charge in [0, 0.05) is 30.4 Å². The van der Waals surface area contributed by atoms with Crippen LogP contribution in [0.15, 0.2) is 0 Å². The molecule has 4 unspecified atom stereocenters. The van der Waals surface area contributed by atoms with Gasteiger partial charge in [-0.3, -0.25) is 23.4 Å². The molecule has 0 aromatic carbocycles. The fraction of sp³-hybridized carbons (Fsp3) is 0.915. The summed E-state index contributed by atoms with van der Waals surface area (Å²) in [4.78, 5) is 60.1. The Balaban J connectivity index is 1.68. The molecule has 2 saturated heterocycles. The molecule has 15 heteroatoms. The van der Waals surface area contributed by atoms with Gasteiger partial charge < -0.3 is 30.3 Å². The molecule has 0 aliphatic carbocycles. The first-order valence-corrected chi connectivity index (χ1v) is 27.5. The number of esters is 2. The predicted octanol–water partition coefficient (Wildman–Crippen LogP) is 11.2. The summed E-state index contributed by atoms with van der Waals surface area (Å²) in [6.45, 7) is 5.27. The van der Waals surface area contributed by atoms with E-state index in [9.17, 15) is 28.6 Å². The van der Waals surface area contributed by atoms with Crippen LogP contribution in [0.1, 0.15) is 213 Å². The van der Waals surface area contributed by atoms with Gasteiger partial charge in [0.1, 0.15) is 6.61 Å². The van der Waals surface area contributed by atoms with E-state index < -0.39 is 32.5 Å². The van der Waals surface area contributed by atoms with Crippen LogP contribution in [0.5, 0.6) is 0 Å². The minimum atomic E-state index is -4.58. The van der Waals surface area contributed by atoms with Gasteiger partial charge in [0.2, 0.25) is 5.91 Å². The normalized spacial score (nSPS) is 19.0. The summed E-state index contributed by atoms with van der Waals surface area (Å²) in [5.41, 5.74) is 0. The zero-order valence-electron chi connectivity index (χ0n) is 39.1. The van der Waals surface area contributed by atoms with Crippen molar-refractivity contribution in [2.24, 2.45) is 5.92 Å². The molecule has 6 atom stereocenters. The maximum atomic E-state index is 12.9. The molecule has 362 valence electrons. The lowest BCUT2D eigenvalue weighted by Crippen LogP contribution is -2.36. The van der Waals surface area contributed by atoms with Crippen LogP contribution in [0.25, 0.3) is 0 Å². The number of hydrogen-bond donors (Lipinski definition) is 4. The minimum Gasteiger partial charge on any atom is -0.461 e. The second-order valence-electron chi connectivity index (χ2n) is 17.8. The second kappa shape index (κ2) is 36.4. The number of urea groups is 1. The molecule has 13 nitrogen and oxygen atoms in total. The van der Waals surface area contributed by atoms with E-state index in [1.54, 1.807) is 0 Å². The van der Waals surface area contributed by atoms with Crippen LogP contribution in [0.4, 0.5) is 4.79 Å². The van der Waals surface area contributed by atoms with Gasteiger partial charge in [0.05, 0.1) is 31.2 Å². The van der Waals surface area contributed by atoms with E-state index in [1.807, 2.05) is 18.7 Å². The molecule has 62 heavy (non-hydrogen) atoms. The zero-order chi connectivity index (χ0) is 45.1. The third kappa shape index (κ3) is 28.8. The molecule has 3 amide bonds. The summed E-state index contributed by atoms with van der Waals surface area (Å²) < 4.78 is 34.2. The number of nitrogens with one attached hydrogen (secondary N) is 3. The van der Waals surface area contributed by atoms with Crippen molar-refractivity contribution in [2.75, 3.05) is 32.1 Å². The number of ether oxygens (including phenoxy) is 2. The van der Waals surface area contributed by atoms with Crippen LogP contribution in [0.3, 0.4) is 0 Å². The molecule has 4 N–H and O–H groups in total. The monoisotopic (exact) mass is 918 g/mol. The molecule has 0 aromatic heterocycles. The van der Waals surface area contributed by atoms with Crippen LogP contribution >= 0.6 is 19.6 Å². The molecule has 0 saturated carbocycles. The van der Waals surface area contributed by atoms with E-state index in [2.05, 4.69) is 29.8 Å². The predicted molar refractivity (Wildman–Crippen MR) is 250 cm³/mol. The highest BCUT2D eigenvalue weighted by molar-refractivity contribution is 8.00. The molecular formula is C47H88N3O10PS. The third-order valence-electron chi connectivity index (χ3n) is 12.0. The smallest absolute Gasteiger partial charge is 0.461 e. The number of carbonyl (C=O) groups excluding carboxylic acids is 4. The first kappa shape index (κ1) is 56.3. The number of carbonyl (C=O) groups is 4. The first-order chi connectivity index (χ1) is 30.0. The SMILES string of the molecule is CCCCCCCCCCCCCCCC(=O)OC(COC(=O)C(C)CCCCCCCCCCCCC)COP(=O)(O)OCCNC(=O)CCCCC1SC[C@@H]2NC(=O)N[C@H]12. The van der Waals surface area contributed by atoms with Crippen molar-refractivity contribution in [3.05, 3.63) is 0 Å². The van der Waals surface area contributed by atoms with Crippen LogP contribution in [0, 0.1) is 5.92 Å². The Morgan fingerprint density at radius 3 is 1.84 bits per heavy atom. The summed E-state index contributed by atoms with van der Waals surface area (Å²) in [6, 6.07) is 0.199. The quantitative estimate of drug-likeness (QED) is 0.0198. The average Bonchev–Trinajstić information content (AvgIpc) is 3.81. The van der Waals surface area contributed by atoms with Crippen molar-refractivity contribution in [1.82, 2.24) is 16.0 Å². The van der Waals surface area contributed by atoms with Gasteiger partial charge in [-0.25, -0.2) is 9.36 Å². The molecule has 0 spiro atoms. The summed E-state index contributed by atoms with van der Waals surface area (Å²) in [6.07, 6.45) is 31.6. The third-order valence-corrected chi connectivity index (χ3v) is 14.5. The van der Waals surface area contributed by atoms with Gasteiger partial charge >= 0.3 is 25.8 Å². The van der Waals surface area contributed by atoms with E-state index in [4.69, 9.17) is 18.5 Å². The van der Waals surface area contributed by atoms with Crippen molar-refractivity contribution in [3.8, 4) is 0 Å².